The maximum Gasteiger partial charge on any atom is 0.262 e. The maximum atomic E-state index is 12.9. The number of hydrogen-bond acceptors (Lipinski definition) is 7. The highest BCUT2D eigenvalue weighted by atomic mass is 32.2. The van der Waals surface area contributed by atoms with E-state index in [4.69, 9.17) is 0 Å². The lowest BCUT2D eigenvalue weighted by Crippen LogP contribution is -2.44. The van der Waals surface area contributed by atoms with Gasteiger partial charge in [0.15, 0.2) is 5.17 Å². The second-order valence-electron chi connectivity index (χ2n) is 6.01. The first-order valence-electron chi connectivity index (χ1n) is 8.14. The fourth-order valence-corrected chi connectivity index (χ4v) is 5.27. The molecule has 0 radical (unpaired) electrons. The average molecular weight is 431 g/mol. The van der Waals surface area contributed by atoms with Crippen LogP contribution in [0.25, 0.3) is 17.3 Å². The fourth-order valence-electron chi connectivity index (χ4n) is 2.76. The van der Waals surface area contributed by atoms with E-state index in [1.54, 1.807) is 17.4 Å². The molecule has 142 valence electrons. The van der Waals surface area contributed by atoms with Crippen molar-refractivity contribution in [2.45, 2.75) is 18.7 Å². The van der Waals surface area contributed by atoms with Gasteiger partial charge in [0.2, 0.25) is 11.8 Å². The topological polar surface area (TPSA) is 96.9 Å². The van der Waals surface area contributed by atoms with Gasteiger partial charge in [-0.25, -0.2) is 9.98 Å². The number of hydrogen-bond donors (Lipinski definition) is 1. The summed E-state index contributed by atoms with van der Waals surface area (Å²) in [5, 5.41) is 16.1. The predicted octanol–water partition coefficient (Wildman–Crippen LogP) is 2.04. The van der Waals surface area contributed by atoms with E-state index in [2.05, 4.69) is 15.0 Å². The van der Waals surface area contributed by atoms with Gasteiger partial charge in [-0.3, -0.25) is 14.2 Å². The van der Waals surface area contributed by atoms with Crippen molar-refractivity contribution in [2.24, 2.45) is 17.0 Å². The van der Waals surface area contributed by atoms with Crippen molar-refractivity contribution in [3.63, 3.8) is 0 Å². The molecular formula is C18H14N4O3S3. The lowest BCUT2D eigenvalue weighted by atomic mass is 10.2. The number of nitrogens with zero attached hydrogens (tertiary/aromatic N) is 4. The van der Waals surface area contributed by atoms with Crippen molar-refractivity contribution in [3.05, 3.63) is 47.6 Å². The van der Waals surface area contributed by atoms with Crippen LogP contribution in [-0.2, 0) is 11.8 Å². The number of amidine groups is 1. The van der Waals surface area contributed by atoms with Crippen LogP contribution in [0, 0.1) is 6.92 Å². The summed E-state index contributed by atoms with van der Waals surface area (Å²) in [4.78, 5) is 38.2. The number of pyridine rings is 1. The Balaban J connectivity index is 2.04. The highest BCUT2D eigenvalue weighted by Gasteiger charge is 2.22. The number of aryl methyl sites for hydroxylation is 1. The Morgan fingerprint density at radius 1 is 1.39 bits per heavy atom. The number of aromatic hydroxyl groups is 1. The molecule has 10 heteroatoms. The minimum atomic E-state index is -0.395. The molecule has 1 N–H and O–H groups in total. The molecule has 4 rings (SSSR count). The summed E-state index contributed by atoms with van der Waals surface area (Å²) in [6.07, 6.45) is 1.75. The van der Waals surface area contributed by atoms with Gasteiger partial charge >= 0.3 is 0 Å². The van der Waals surface area contributed by atoms with Crippen LogP contribution in [0.2, 0.25) is 0 Å². The van der Waals surface area contributed by atoms with Crippen molar-refractivity contribution in [3.8, 4) is 17.1 Å². The third-order valence-corrected chi connectivity index (χ3v) is 6.56. The molecule has 0 aromatic carbocycles. The highest BCUT2D eigenvalue weighted by molar-refractivity contribution is 8.14. The summed E-state index contributed by atoms with van der Waals surface area (Å²) in [5.74, 6) is -0.591. The molecule has 3 aromatic heterocycles. The molecule has 1 aliphatic heterocycles. The molecule has 0 fully saturated rings. The quantitative estimate of drug-likeness (QED) is 0.671. The van der Waals surface area contributed by atoms with Crippen LogP contribution in [0.15, 0.2) is 36.5 Å². The Hall–Kier alpha value is -2.56. The number of thiophene rings is 1. The Kier molecular flexibility index (Phi) is 4.77. The highest BCUT2D eigenvalue weighted by Crippen LogP contribution is 2.30. The summed E-state index contributed by atoms with van der Waals surface area (Å²) in [5.41, 5.74) is 1.40. The van der Waals surface area contributed by atoms with Crippen molar-refractivity contribution in [2.75, 3.05) is 0 Å². The number of carbonyl (C=O) groups excluding carboxylic acids is 1. The van der Waals surface area contributed by atoms with E-state index in [0.29, 0.717) is 15.5 Å². The first kappa shape index (κ1) is 18.8. The van der Waals surface area contributed by atoms with Crippen LogP contribution >= 0.6 is 34.4 Å². The first-order chi connectivity index (χ1) is 13.3. The number of rotatable bonds is 2. The zero-order valence-corrected chi connectivity index (χ0v) is 17.5. The molecule has 1 aliphatic rings. The van der Waals surface area contributed by atoms with Crippen LogP contribution < -0.4 is 16.1 Å². The minimum absolute atomic E-state index is 0.196. The summed E-state index contributed by atoms with van der Waals surface area (Å²) in [6.45, 7) is 3.24. The second kappa shape index (κ2) is 7.12. The predicted molar refractivity (Wildman–Crippen MR) is 112 cm³/mol. The van der Waals surface area contributed by atoms with Crippen molar-refractivity contribution >= 4 is 51.6 Å². The van der Waals surface area contributed by atoms with Gasteiger partial charge in [-0.15, -0.1) is 11.3 Å². The molecule has 0 bridgehead atoms. The average Bonchev–Trinajstić information content (AvgIpc) is 3.36. The molecule has 28 heavy (non-hydrogen) atoms. The van der Waals surface area contributed by atoms with Gasteiger partial charge in [-0.1, -0.05) is 0 Å². The van der Waals surface area contributed by atoms with Crippen molar-refractivity contribution < 1.29 is 9.90 Å². The maximum absolute atomic E-state index is 12.9. The van der Waals surface area contributed by atoms with Crippen LogP contribution in [0.5, 0.6) is 5.88 Å². The van der Waals surface area contributed by atoms with Crippen LogP contribution in [0.4, 0.5) is 0 Å². The fraction of sp³-hybridized carbons (Fsp3) is 0.167. The smallest absolute Gasteiger partial charge is 0.262 e. The van der Waals surface area contributed by atoms with Crippen LogP contribution in [0.3, 0.4) is 0 Å². The Morgan fingerprint density at radius 2 is 2.18 bits per heavy atom. The van der Waals surface area contributed by atoms with E-state index in [9.17, 15) is 14.7 Å². The van der Waals surface area contributed by atoms with E-state index >= 15 is 0 Å². The standard InChI is InChI=1S/C18H14N4O3S3/c1-8(23)19-18-21-14-11(16(24)22(3)17(25)15(14)28-18)6-12-13(20-9(2)27-12)10-4-5-26-7-10/h4-7,25H,1-3H3/b11-6-,19-18?. The van der Waals surface area contributed by atoms with E-state index in [1.165, 1.54) is 29.9 Å². The number of fused-ring (bicyclic) bond motifs is 1. The summed E-state index contributed by atoms with van der Waals surface area (Å²) < 4.78 is 1.17. The van der Waals surface area contributed by atoms with Crippen LogP contribution in [0.1, 0.15) is 16.8 Å². The Labute approximate surface area is 171 Å². The third-order valence-electron chi connectivity index (χ3n) is 4.01. The molecule has 7 nitrogen and oxygen atoms in total. The number of thioether (sulfide) groups is 1. The zero-order valence-electron chi connectivity index (χ0n) is 15.1. The Bertz CT molecular complexity index is 1320. The van der Waals surface area contributed by atoms with E-state index in [-0.39, 0.29) is 16.6 Å². The summed E-state index contributed by atoms with van der Waals surface area (Å²) >= 11 is 4.12. The summed E-state index contributed by atoms with van der Waals surface area (Å²) in [6, 6.07) is 1.98. The Morgan fingerprint density at radius 3 is 2.86 bits per heavy atom. The van der Waals surface area contributed by atoms with Gasteiger partial charge in [0, 0.05) is 24.9 Å². The van der Waals surface area contributed by atoms with Gasteiger partial charge < -0.3 is 5.11 Å². The summed E-state index contributed by atoms with van der Waals surface area (Å²) in [7, 11) is 1.49. The minimum Gasteiger partial charge on any atom is -0.494 e. The molecule has 1 amide bonds. The number of carbonyl (C=O) groups is 1. The molecule has 0 atom stereocenters. The van der Waals surface area contributed by atoms with Gasteiger partial charge in [0.05, 0.1) is 26.2 Å². The van der Waals surface area contributed by atoms with E-state index in [0.717, 1.165) is 32.9 Å². The number of thiazole rings is 1. The zero-order chi connectivity index (χ0) is 20.0. The second-order valence-corrected chi connectivity index (χ2v) is 9.00. The number of aliphatic imine (C=N–C) groups is 1. The van der Waals surface area contributed by atoms with Crippen molar-refractivity contribution in [1.82, 2.24) is 9.55 Å². The molecule has 0 spiro atoms. The molecule has 0 saturated heterocycles. The van der Waals surface area contributed by atoms with E-state index in [1.807, 2.05) is 23.8 Å². The molecule has 0 unspecified atom stereocenters. The molecule has 0 aliphatic carbocycles. The third kappa shape index (κ3) is 3.23. The lowest BCUT2D eigenvalue weighted by molar-refractivity contribution is -0.115. The molecular weight excluding hydrogens is 416 g/mol. The van der Waals surface area contributed by atoms with E-state index < -0.39 is 5.91 Å². The monoisotopic (exact) mass is 430 g/mol. The van der Waals surface area contributed by atoms with Gasteiger partial charge in [0.25, 0.3) is 5.56 Å². The first-order valence-corrected chi connectivity index (χ1v) is 10.7. The van der Waals surface area contributed by atoms with Gasteiger partial charge in [-0.05, 0) is 36.2 Å². The van der Waals surface area contributed by atoms with Crippen molar-refractivity contribution in [1.29, 1.82) is 0 Å². The molecule has 0 saturated carbocycles. The van der Waals surface area contributed by atoms with Crippen LogP contribution in [-0.4, -0.2) is 25.7 Å². The lowest BCUT2D eigenvalue weighted by Gasteiger charge is -2.04. The van der Waals surface area contributed by atoms with Gasteiger partial charge in [0.1, 0.15) is 4.90 Å². The molecule has 4 heterocycles. The molecule has 3 aromatic rings. The normalized spacial score (nSPS) is 15.1. The SMILES string of the molecule is CC(=O)N=C1N=c2c(c(O)n(C)c(=O)/c2=C\c2sc(C)nc2-c2ccsc2)S1. The number of amides is 1. The largest absolute Gasteiger partial charge is 0.494 e. The number of aromatic nitrogens is 2. The van der Waals surface area contributed by atoms with Gasteiger partial charge in [-0.2, -0.15) is 16.3 Å².